The molecule has 0 radical (unpaired) electrons. The fraction of sp³-hybridized carbons (Fsp3) is 0.500. The first-order valence-electron chi connectivity index (χ1n) is 12.3. The Kier molecular flexibility index (Phi) is 5.30. The van der Waals surface area contributed by atoms with Crippen LogP contribution in [-0.4, -0.2) is 30.3 Å². The van der Waals surface area contributed by atoms with Crippen LogP contribution < -0.4 is 5.32 Å². The minimum atomic E-state index is -0.846. The van der Waals surface area contributed by atoms with Crippen molar-refractivity contribution >= 4 is 23.2 Å². The number of imidazole rings is 1. The van der Waals surface area contributed by atoms with Gasteiger partial charge in [0, 0.05) is 31.6 Å². The summed E-state index contributed by atoms with van der Waals surface area (Å²) in [6.07, 6.45) is 7.24. The second-order valence-electron chi connectivity index (χ2n) is 10.7. The molecule has 2 N–H and O–H groups in total. The molecule has 7 nitrogen and oxygen atoms in total. The Bertz CT molecular complexity index is 1300. The SMILES string of the molecule is Cn1cnc(C2CC3CC(O)(c4cc(C5CC5)nn4C)CC3C2)c1C(=O)Nc1ccc(F)c(Cl)c1. The highest BCUT2D eigenvalue weighted by Crippen LogP contribution is 2.57. The van der Waals surface area contributed by atoms with Gasteiger partial charge in [0.1, 0.15) is 17.1 Å². The molecule has 0 bridgehead atoms. The van der Waals surface area contributed by atoms with Crippen LogP contribution in [0, 0.1) is 17.7 Å². The van der Waals surface area contributed by atoms with E-state index in [1.54, 1.807) is 17.9 Å². The molecule has 2 heterocycles. The molecule has 184 valence electrons. The van der Waals surface area contributed by atoms with Crippen molar-refractivity contribution < 1.29 is 14.3 Å². The number of nitrogens with one attached hydrogen (secondary N) is 1. The summed E-state index contributed by atoms with van der Waals surface area (Å²) in [6, 6.07) is 6.23. The van der Waals surface area contributed by atoms with Crippen LogP contribution >= 0.6 is 11.6 Å². The molecule has 2 unspecified atom stereocenters. The number of benzene rings is 1. The van der Waals surface area contributed by atoms with Crippen LogP contribution in [0.15, 0.2) is 30.6 Å². The lowest BCUT2D eigenvalue weighted by Crippen LogP contribution is -2.26. The maximum absolute atomic E-state index is 13.5. The largest absolute Gasteiger partial charge is 0.384 e. The zero-order chi connectivity index (χ0) is 24.5. The van der Waals surface area contributed by atoms with Crippen LogP contribution in [0.25, 0.3) is 0 Å². The van der Waals surface area contributed by atoms with Gasteiger partial charge in [0.05, 0.1) is 28.4 Å². The van der Waals surface area contributed by atoms with Gasteiger partial charge in [-0.25, -0.2) is 9.37 Å². The lowest BCUT2D eigenvalue weighted by molar-refractivity contribution is 0.0263. The number of aliphatic hydroxyl groups is 1. The molecule has 0 saturated heterocycles. The van der Waals surface area contributed by atoms with Gasteiger partial charge in [-0.3, -0.25) is 9.48 Å². The van der Waals surface area contributed by atoms with E-state index in [0.29, 0.717) is 42.0 Å². The number of hydrogen-bond donors (Lipinski definition) is 2. The third-order valence-electron chi connectivity index (χ3n) is 8.16. The molecular formula is C26H29ClFN5O2. The topological polar surface area (TPSA) is 85.0 Å². The Morgan fingerprint density at radius 3 is 2.54 bits per heavy atom. The molecule has 3 aromatic rings. The summed E-state index contributed by atoms with van der Waals surface area (Å²) < 4.78 is 17.1. The van der Waals surface area contributed by atoms with E-state index < -0.39 is 11.4 Å². The van der Waals surface area contributed by atoms with E-state index >= 15 is 0 Å². The summed E-state index contributed by atoms with van der Waals surface area (Å²) in [7, 11) is 3.74. The molecule has 0 spiro atoms. The highest BCUT2D eigenvalue weighted by molar-refractivity contribution is 6.31. The third-order valence-corrected chi connectivity index (χ3v) is 8.45. The number of aromatic nitrogens is 4. The summed E-state index contributed by atoms with van der Waals surface area (Å²) >= 11 is 5.87. The van der Waals surface area contributed by atoms with Crippen molar-refractivity contribution in [2.45, 2.75) is 56.0 Å². The summed E-state index contributed by atoms with van der Waals surface area (Å²) in [6.45, 7) is 0. The van der Waals surface area contributed by atoms with Crippen molar-refractivity contribution in [3.8, 4) is 0 Å². The zero-order valence-electron chi connectivity index (χ0n) is 19.8. The summed E-state index contributed by atoms with van der Waals surface area (Å²) in [4.78, 5) is 17.7. The average molecular weight is 498 g/mol. The zero-order valence-corrected chi connectivity index (χ0v) is 20.6. The van der Waals surface area contributed by atoms with Gasteiger partial charge in [-0.2, -0.15) is 5.10 Å². The van der Waals surface area contributed by atoms with Crippen LogP contribution in [0.2, 0.25) is 5.02 Å². The van der Waals surface area contributed by atoms with E-state index in [9.17, 15) is 14.3 Å². The van der Waals surface area contributed by atoms with Crippen molar-refractivity contribution in [2.75, 3.05) is 5.32 Å². The van der Waals surface area contributed by atoms with Gasteiger partial charge < -0.3 is 15.0 Å². The molecule has 1 aromatic carbocycles. The van der Waals surface area contributed by atoms with Crippen LogP contribution in [-0.2, 0) is 19.7 Å². The van der Waals surface area contributed by atoms with Gasteiger partial charge >= 0.3 is 0 Å². The van der Waals surface area contributed by atoms with Crippen LogP contribution in [0.4, 0.5) is 10.1 Å². The highest BCUT2D eigenvalue weighted by atomic mass is 35.5. The number of halogens is 2. The highest BCUT2D eigenvalue weighted by Gasteiger charge is 2.52. The first-order valence-corrected chi connectivity index (χ1v) is 12.6. The average Bonchev–Trinajstić information content (AvgIpc) is 3.11. The van der Waals surface area contributed by atoms with E-state index in [1.807, 2.05) is 11.7 Å². The van der Waals surface area contributed by atoms with Gasteiger partial charge in [0.15, 0.2) is 0 Å². The van der Waals surface area contributed by atoms with Crippen LogP contribution in [0.1, 0.15) is 77.9 Å². The van der Waals surface area contributed by atoms with Crippen LogP contribution in [0.3, 0.4) is 0 Å². The van der Waals surface area contributed by atoms with Crippen LogP contribution in [0.5, 0.6) is 0 Å². The maximum Gasteiger partial charge on any atom is 0.274 e. The standard InChI is InChI=1S/C26H29ClFN5O2/c1-32-13-29-23(24(32)25(34)30-18-5-6-20(28)19(27)9-18)15-7-16-11-26(35,12-17(16)8-15)22-10-21(14-3-4-14)31-33(22)2/h5-6,9-10,13-17,35H,3-4,7-8,11-12H2,1-2H3,(H,30,34). The normalized spacial score (nSPS) is 27.9. The molecule has 6 rings (SSSR count). The molecule has 2 atom stereocenters. The molecule has 3 saturated carbocycles. The number of carbonyl (C=O) groups excluding carboxylic acids is 1. The Labute approximate surface area is 208 Å². The van der Waals surface area contributed by atoms with Gasteiger partial charge in [0.25, 0.3) is 5.91 Å². The van der Waals surface area contributed by atoms with Crippen molar-refractivity contribution in [3.63, 3.8) is 0 Å². The molecule has 1 amide bonds. The molecule has 3 aliphatic carbocycles. The number of aryl methyl sites for hydroxylation is 2. The van der Waals surface area contributed by atoms with E-state index in [4.69, 9.17) is 11.6 Å². The molecule has 3 aliphatic rings. The number of amides is 1. The van der Waals surface area contributed by atoms with Gasteiger partial charge in [0.2, 0.25) is 0 Å². The van der Waals surface area contributed by atoms with Crippen molar-refractivity contribution in [1.82, 2.24) is 19.3 Å². The minimum Gasteiger partial charge on any atom is -0.384 e. The Morgan fingerprint density at radius 1 is 1.17 bits per heavy atom. The molecule has 0 aliphatic heterocycles. The van der Waals surface area contributed by atoms with Crippen molar-refractivity contribution in [1.29, 1.82) is 0 Å². The van der Waals surface area contributed by atoms with E-state index in [0.717, 1.165) is 29.9 Å². The fourth-order valence-electron chi connectivity index (χ4n) is 6.39. The number of nitrogens with zero attached hydrogens (tertiary/aromatic N) is 4. The Morgan fingerprint density at radius 2 is 1.89 bits per heavy atom. The predicted molar refractivity (Wildman–Crippen MR) is 130 cm³/mol. The first kappa shape index (κ1) is 22.7. The van der Waals surface area contributed by atoms with E-state index in [2.05, 4.69) is 21.5 Å². The monoisotopic (exact) mass is 497 g/mol. The molecular weight excluding hydrogens is 469 g/mol. The number of rotatable bonds is 5. The summed E-state index contributed by atoms with van der Waals surface area (Å²) in [5, 5.41) is 19.0. The smallest absolute Gasteiger partial charge is 0.274 e. The minimum absolute atomic E-state index is 0.0400. The summed E-state index contributed by atoms with van der Waals surface area (Å²) in [5.74, 6) is 0.638. The number of fused-ring (bicyclic) bond motifs is 1. The first-order chi connectivity index (χ1) is 16.7. The molecule has 35 heavy (non-hydrogen) atoms. The Hall–Kier alpha value is -2.71. The van der Waals surface area contributed by atoms with E-state index in [1.165, 1.54) is 31.0 Å². The number of hydrogen-bond acceptors (Lipinski definition) is 4. The van der Waals surface area contributed by atoms with Gasteiger partial charge in [-0.05, 0) is 74.6 Å². The molecule has 2 aromatic heterocycles. The summed E-state index contributed by atoms with van der Waals surface area (Å²) in [5.41, 5.74) is 2.92. The predicted octanol–water partition coefficient (Wildman–Crippen LogP) is 4.87. The lowest BCUT2D eigenvalue weighted by atomic mass is 9.90. The third kappa shape index (κ3) is 3.96. The number of anilines is 1. The quantitative estimate of drug-likeness (QED) is 0.527. The van der Waals surface area contributed by atoms with Crippen molar-refractivity contribution in [2.24, 2.45) is 25.9 Å². The maximum atomic E-state index is 13.5. The Balaban J connectivity index is 1.18. The molecule has 3 fully saturated rings. The lowest BCUT2D eigenvalue weighted by Gasteiger charge is -2.25. The van der Waals surface area contributed by atoms with Gasteiger partial charge in [-0.1, -0.05) is 11.6 Å². The van der Waals surface area contributed by atoms with Gasteiger partial charge in [-0.15, -0.1) is 0 Å². The second-order valence-corrected chi connectivity index (χ2v) is 11.1. The number of carbonyl (C=O) groups is 1. The van der Waals surface area contributed by atoms with Crippen molar-refractivity contribution in [3.05, 3.63) is 64.2 Å². The van der Waals surface area contributed by atoms with E-state index in [-0.39, 0.29) is 16.8 Å². The second kappa shape index (κ2) is 8.17. The fourth-order valence-corrected chi connectivity index (χ4v) is 6.57. The molecule has 9 heteroatoms.